The topological polar surface area (TPSA) is 58.1 Å². The number of piperidine rings is 1. The summed E-state index contributed by atoms with van der Waals surface area (Å²) in [6, 6.07) is 8.10. The van der Waals surface area contributed by atoms with Crippen LogP contribution in [0.25, 0.3) is 11.3 Å². The summed E-state index contributed by atoms with van der Waals surface area (Å²) in [5.74, 6) is -0.0535. The molecule has 1 fully saturated rings. The summed E-state index contributed by atoms with van der Waals surface area (Å²) in [4.78, 5) is 23.0. The van der Waals surface area contributed by atoms with Crippen LogP contribution < -0.4 is 5.32 Å². The van der Waals surface area contributed by atoms with E-state index in [-0.39, 0.29) is 5.91 Å². The minimum atomic E-state index is -0.0535. The van der Waals surface area contributed by atoms with Crippen LogP contribution in [0.15, 0.2) is 42.9 Å². The highest BCUT2D eigenvalue weighted by atomic mass is 16.1. The van der Waals surface area contributed by atoms with E-state index in [2.05, 4.69) is 27.2 Å². The van der Waals surface area contributed by atoms with Crippen molar-refractivity contribution in [3.8, 4) is 11.3 Å². The van der Waals surface area contributed by atoms with Gasteiger partial charge in [0, 0.05) is 36.7 Å². The first-order valence-corrected chi connectivity index (χ1v) is 8.59. The van der Waals surface area contributed by atoms with E-state index in [0.29, 0.717) is 18.2 Å². The summed E-state index contributed by atoms with van der Waals surface area (Å²) >= 11 is 0. The largest absolute Gasteiger partial charge is 0.352 e. The maximum absolute atomic E-state index is 12.2. The van der Waals surface area contributed by atoms with Crippen molar-refractivity contribution in [2.24, 2.45) is 0 Å². The van der Waals surface area contributed by atoms with Gasteiger partial charge in [-0.25, -0.2) is 0 Å². The van der Waals surface area contributed by atoms with Crippen molar-refractivity contribution in [1.82, 2.24) is 20.2 Å². The van der Waals surface area contributed by atoms with Gasteiger partial charge < -0.3 is 10.2 Å². The van der Waals surface area contributed by atoms with Crippen LogP contribution in [0.1, 0.15) is 36.0 Å². The van der Waals surface area contributed by atoms with Gasteiger partial charge in [0.2, 0.25) is 0 Å². The number of likely N-dealkylation sites (tertiary alicyclic amines) is 1. The predicted molar refractivity (Wildman–Crippen MR) is 94.7 cm³/mol. The second-order valence-corrected chi connectivity index (χ2v) is 6.34. The number of hydrogen-bond acceptors (Lipinski definition) is 4. The van der Waals surface area contributed by atoms with Gasteiger partial charge >= 0.3 is 0 Å². The van der Waals surface area contributed by atoms with Gasteiger partial charge in [0.25, 0.3) is 5.91 Å². The molecule has 24 heavy (non-hydrogen) atoms. The van der Waals surface area contributed by atoms with E-state index in [4.69, 9.17) is 0 Å². The summed E-state index contributed by atoms with van der Waals surface area (Å²) < 4.78 is 0. The molecular formula is C19H24N4O. The highest BCUT2D eigenvalue weighted by molar-refractivity contribution is 5.94. The Bertz CT molecular complexity index is 657. The van der Waals surface area contributed by atoms with Gasteiger partial charge in [-0.05, 0) is 57.1 Å². The molecule has 2 aromatic heterocycles. The van der Waals surface area contributed by atoms with Crippen LogP contribution in [0, 0.1) is 0 Å². The molecule has 126 valence electrons. The standard InChI is InChI=1S/C19H24N4O/c1-23-13-3-2-4-17(23)9-12-21-19(24)16-5-6-18(22-14-16)15-7-10-20-11-8-15/h5-8,10-11,14,17H,2-4,9,12-13H2,1H3,(H,21,24). The molecule has 0 aliphatic carbocycles. The van der Waals surface area contributed by atoms with Crippen LogP contribution in [-0.2, 0) is 0 Å². The zero-order valence-corrected chi connectivity index (χ0v) is 14.1. The first-order chi connectivity index (χ1) is 11.7. The molecule has 1 unspecified atom stereocenters. The van der Waals surface area contributed by atoms with Gasteiger partial charge in [-0.3, -0.25) is 14.8 Å². The molecule has 1 N–H and O–H groups in total. The number of rotatable bonds is 5. The molecule has 1 aliphatic rings. The van der Waals surface area contributed by atoms with Gasteiger partial charge in [0.1, 0.15) is 0 Å². The minimum absolute atomic E-state index is 0.0535. The van der Waals surface area contributed by atoms with Crippen LogP contribution in [0.2, 0.25) is 0 Å². The van der Waals surface area contributed by atoms with Gasteiger partial charge in [0.05, 0.1) is 11.3 Å². The van der Waals surface area contributed by atoms with Crippen molar-refractivity contribution < 1.29 is 4.79 Å². The van der Waals surface area contributed by atoms with Gasteiger partial charge in [0.15, 0.2) is 0 Å². The molecule has 1 aliphatic heterocycles. The Morgan fingerprint density at radius 1 is 1.25 bits per heavy atom. The molecule has 0 saturated carbocycles. The molecule has 1 amide bonds. The average Bonchev–Trinajstić information content (AvgIpc) is 2.64. The molecule has 0 spiro atoms. The Labute approximate surface area is 143 Å². The molecule has 0 bridgehead atoms. The number of carbonyl (C=O) groups excluding carboxylic acids is 1. The van der Waals surface area contributed by atoms with Crippen molar-refractivity contribution in [2.75, 3.05) is 20.1 Å². The molecular weight excluding hydrogens is 300 g/mol. The molecule has 3 rings (SSSR count). The summed E-state index contributed by atoms with van der Waals surface area (Å²) in [5.41, 5.74) is 2.44. The third-order valence-electron chi connectivity index (χ3n) is 4.69. The second-order valence-electron chi connectivity index (χ2n) is 6.34. The second kappa shape index (κ2) is 8.02. The molecule has 5 nitrogen and oxygen atoms in total. The Balaban J connectivity index is 1.52. The third-order valence-corrected chi connectivity index (χ3v) is 4.69. The summed E-state index contributed by atoms with van der Waals surface area (Å²) in [6.45, 7) is 1.87. The minimum Gasteiger partial charge on any atom is -0.352 e. The van der Waals surface area contributed by atoms with E-state index >= 15 is 0 Å². The zero-order valence-electron chi connectivity index (χ0n) is 14.1. The number of aromatic nitrogens is 2. The smallest absolute Gasteiger partial charge is 0.252 e. The highest BCUT2D eigenvalue weighted by Gasteiger charge is 2.18. The lowest BCUT2D eigenvalue weighted by Gasteiger charge is -2.32. The third kappa shape index (κ3) is 4.17. The summed E-state index contributed by atoms with van der Waals surface area (Å²) in [5, 5.41) is 3.01. The van der Waals surface area contributed by atoms with Gasteiger partial charge in [-0.1, -0.05) is 6.42 Å². The van der Waals surface area contributed by atoms with E-state index in [1.54, 1.807) is 18.6 Å². The Morgan fingerprint density at radius 2 is 2.08 bits per heavy atom. The Kier molecular flexibility index (Phi) is 5.54. The number of amides is 1. The van der Waals surface area contributed by atoms with Crippen LogP contribution in [-0.4, -0.2) is 47.0 Å². The maximum atomic E-state index is 12.2. The van der Waals surface area contributed by atoms with E-state index in [0.717, 1.165) is 17.7 Å². The quantitative estimate of drug-likeness (QED) is 0.919. The van der Waals surface area contributed by atoms with E-state index in [9.17, 15) is 4.79 Å². The summed E-state index contributed by atoms with van der Waals surface area (Å²) in [7, 11) is 2.17. The fourth-order valence-electron chi connectivity index (χ4n) is 3.18. The molecule has 3 heterocycles. The fourth-order valence-corrected chi connectivity index (χ4v) is 3.18. The number of nitrogens with one attached hydrogen (secondary N) is 1. The fraction of sp³-hybridized carbons (Fsp3) is 0.421. The van der Waals surface area contributed by atoms with E-state index in [1.165, 1.54) is 25.8 Å². The zero-order chi connectivity index (χ0) is 16.8. The van der Waals surface area contributed by atoms with Crippen LogP contribution in [0.3, 0.4) is 0 Å². The van der Waals surface area contributed by atoms with Gasteiger partial charge in [-0.15, -0.1) is 0 Å². The van der Waals surface area contributed by atoms with Crippen LogP contribution in [0.4, 0.5) is 0 Å². The number of pyridine rings is 2. The number of hydrogen-bond donors (Lipinski definition) is 1. The van der Waals surface area contributed by atoms with Crippen molar-refractivity contribution in [3.63, 3.8) is 0 Å². The average molecular weight is 324 g/mol. The molecule has 1 atom stereocenters. The number of carbonyl (C=O) groups is 1. The Morgan fingerprint density at radius 3 is 2.79 bits per heavy atom. The number of nitrogens with zero attached hydrogens (tertiary/aromatic N) is 3. The van der Waals surface area contributed by atoms with Crippen molar-refractivity contribution in [1.29, 1.82) is 0 Å². The van der Waals surface area contributed by atoms with Crippen molar-refractivity contribution in [2.45, 2.75) is 31.7 Å². The maximum Gasteiger partial charge on any atom is 0.252 e. The molecule has 0 radical (unpaired) electrons. The lowest BCUT2D eigenvalue weighted by Crippen LogP contribution is -2.39. The normalized spacial score (nSPS) is 18.3. The van der Waals surface area contributed by atoms with Crippen LogP contribution >= 0.6 is 0 Å². The van der Waals surface area contributed by atoms with E-state index < -0.39 is 0 Å². The highest BCUT2D eigenvalue weighted by Crippen LogP contribution is 2.17. The van der Waals surface area contributed by atoms with Crippen molar-refractivity contribution >= 4 is 5.91 Å². The van der Waals surface area contributed by atoms with Crippen molar-refractivity contribution in [3.05, 3.63) is 48.4 Å². The lowest BCUT2D eigenvalue weighted by atomic mass is 10.0. The summed E-state index contributed by atoms with van der Waals surface area (Å²) in [6.07, 6.45) is 9.93. The van der Waals surface area contributed by atoms with Crippen LogP contribution in [0.5, 0.6) is 0 Å². The first-order valence-electron chi connectivity index (χ1n) is 8.59. The van der Waals surface area contributed by atoms with E-state index in [1.807, 2.05) is 24.3 Å². The molecule has 2 aromatic rings. The molecule has 1 saturated heterocycles. The predicted octanol–water partition coefficient (Wildman–Crippen LogP) is 2.75. The Hall–Kier alpha value is -2.27. The van der Waals surface area contributed by atoms with Gasteiger partial charge in [-0.2, -0.15) is 0 Å². The molecule has 5 heteroatoms. The first kappa shape index (κ1) is 16.6. The lowest BCUT2D eigenvalue weighted by molar-refractivity contribution is 0.0945. The monoisotopic (exact) mass is 324 g/mol. The molecule has 0 aromatic carbocycles. The SMILES string of the molecule is CN1CCCCC1CCNC(=O)c1ccc(-c2ccncc2)nc1.